The summed E-state index contributed by atoms with van der Waals surface area (Å²) >= 11 is 0. The second-order valence-electron chi connectivity index (χ2n) is 7.60. The third kappa shape index (κ3) is 6.27. The lowest BCUT2D eigenvalue weighted by atomic mass is 10.0. The van der Waals surface area contributed by atoms with Gasteiger partial charge in [0.05, 0.1) is 0 Å². The third-order valence-corrected chi connectivity index (χ3v) is 5.42. The standard InChI is InChI=1S/C23H30N2O3/c26-21-10-8-19(17-22(21)27)9-11-23(28)24-20-12-15-25(16-13-20)14-4-7-18-5-2-1-3-6-18/h1-3,5-6,8,10,17,20,26-27H,4,7,9,11-16H2,(H,24,28). The molecule has 0 unspecified atom stereocenters. The Bertz CT molecular complexity index is 756. The lowest BCUT2D eigenvalue weighted by molar-refractivity contribution is -0.122. The molecule has 0 aromatic heterocycles. The maximum absolute atomic E-state index is 12.2. The number of aromatic hydroxyl groups is 2. The van der Waals surface area contributed by atoms with Crippen molar-refractivity contribution in [2.45, 2.75) is 44.6 Å². The number of carbonyl (C=O) groups is 1. The van der Waals surface area contributed by atoms with Crippen molar-refractivity contribution >= 4 is 5.91 Å². The first kappa shape index (κ1) is 20.2. The molecule has 3 N–H and O–H groups in total. The van der Waals surface area contributed by atoms with Gasteiger partial charge in [0.15, 0.2) is 11.5 Å². The minimum Gasteiger partial charge on any atom is -0.504 e. The topological polar surface area (TPSA) is 72.8 Å². The van der Waals surface area contributed by atoms with Crippen molar-refractivity contribution in [2.24, 2.45) is 0 Å². The molecule has 2 aromatic rings. The number of aryl methyl sites for hydroxylation is 2. The van der Waals surface area contributed by atoms with Crippen LogP contribution < -0.4 is 5.32 Å². The molecule has 150 valence electrons. The van der Waals surface area contributed by atoms with Crippen LogP contribution in [0.4, 0.5) is 0 Å². The molecule has 1 aliphatic heterocycles. The van der Waals surface area contributed by atoms with E-state index in [1.807, 2.05) is 0 Å². The first-order valence-corrected chi connectivity index (χ1v) is 10.2. The Kier molecular flexibility index (Phi) is 7.31. The molecule has 0 saturated carbocycles. The van der Waals surface area contributed by atoms with Crippen LogP contribution in [0.3, 0.4) is 0 Å². The zero-order chi connectivity index (χ0) is 19.8. The monoisotopic (exact) mass is 382 g/mol. The first-order chi connectivity index (χ1) is 13.6. The lowest BCUT2D eigenvalue weighted by Crippen LogP contribution is -2.44. The molecule has 28 heavy (non-hydrogen) atoms. The molecule has 0 atom stereocenters. The molecule has 0 bridgehead atoms. The van der Waals surface area contributed by atoms with Crippen LogP contribution in [0.5, 0.6) is 11.5 Å². The molecule has 0 spiro atoms. The number of likely N-dealkylation sites (tertiary alicyclic amines) is 1. The Morgan fingerprint density at radius 1 is 0.964 bits per heavy atom. The molecule has 1 amide bonds. The summed E-state index contributed by atoms with van der Waals surface area (Å²) in [5.74, 6) is -0.226. The number of amides is 1. The van der Waals surface area contributed by atoms with Gasteiger partial charge in [-0.25, -0.2) is 0 Å². The molecule has 1 fully saturated rings. The normalized spacial score (nSPS) is 15.4. The Morgan fingerprint density at radius 2 is 1.71 bits per heavy atom. The highest BCUT2D eigenvalue weighted by Gasteiger charge is 2.20. The van der Waals surface area contributed by atoms with Gasteiger partial charge in [-0.15, -0.1) is 0 Å². The zero-order valence-corrected chi connectivity index (χ0v) is 16.3. The Balaban J connectivity index is 1.31. The highest BCUT2D eigenvalue weighted by Crippen LogP contribution is 2.25. The molecular formula is C23H30N2O3. The second-order valence-corrected chi connectivity index (χ2v) is 7.60. The Labute approximate surface area is 167 Å². The second kappa shape index (κ2) is 10.1. The van der Waals surface area contributed by atoms with E-state index >= 15 is 0 Å². The number of benzene rings is 2. The highest BCUT2D eigenvalue weighted by atomic mass is 16.3. The summed E-state index contributed by atoms with van der Waals surface area (Å²) in [5.41, 5.74) is 2.24. The minimum absolute atomic E-state index is 0.0510. The molecule has 0 radical (unpaired) electrons. The first-order valence-electron chi connectivity index (χ1n) is 10.2. The number of nitrogens with one attached hydrogen (secondary N) is 1. The number of rotatable bonds is 8. The van der Waals surface area contributed by atoms with Crippen LogP contribution in [0.15, 0.2) is 48.5 Å². The van der Waals surface area contributed by atoms with Crippen molar-refractivity contribution in [1.29, 1.82) is 0 Å². The molecule has 5 heteroatoms. The van der Waals surface area contributed by atoms with Gasteiger partial charge < -0.3 is 20.4 Å². The van der Waals surface area contributed by atoms with Crippen molar-refractivity contribution < 1.29 is 15.0 Å². The maximum Gasteiger partial charge on any atom is 0.220 e. The van der Waals surface area contributed by atoms with Gasteiger partial charge in [-0.2, -0.15) is 0 Å². The van der Waals surface area contributed by atoms with Crippen LogP contribution in [0.2, 0.25) is 0 Å². The predicted octanol–water partition coefficient (Wildman–Crippen LogP) is 3.24. The highest BCUT2D eigenvalue weighted by molar-refractivity contribution is 5.76. The van der Waals surface area contributed by atoms with Crippen molar-refractivity contribution in [2.75, 3.05) is 19.6 Å². The van der Waals surface area contributed by atoms with Crippen molar-refractivity contribution in [1.82, 2.24) is 10.2 Å². The predicted molar refractivity (Wildman–Crippen MR) is 110 cm³/mol. The van der Waals surface area contributed by atoms with E-state index in [0.717, 1.165) is 44.5 Å². The molecule has 1 heterocycles. The van der Waals surface area contributed by atoms with Gasteiger partial charge in [0.25, 0.3) is 0 Å². The van der Waals surface area contributed by atoms with Crippen molar-refractivity contribution in [3.63, 3.8) is 0 Å². The quantitative estimate of drug-likeness (QED) is 0.613. The lowest BCUT2D eigenvalue weighted by Gasteiger charge is -2.32. The minimum atomic E-state index is -0.141. The number of piperidine rings is 1. The Hall–Kier alpha value is -2.53. The molecule has 2 aromatic carbocycles. The maximum atomic E-state index is 12.2. The summed E-state index contributed by atoms with van der Waals surface area (Å²) in [7, 11) is 0. The van der Waals surface area contributed by atoms with E-state index in [1.54, 1.807) is 6.07 Å². The zero-order valence-electron chi connectivity index (χ0n) is 16.3. The van der Waals surface area contributed by atoms with Crippen LogP contribution in [-0.4, -0.2) is 46.7 Å². The summed E-state index contributed by atoms with van der Waals surface area (Å²) < 4.78 is 0. The smallest absolute Gasteiger partial charge is 0.220 e. The SMILES string of the molecule is O=C(CCc1ccc(O)c(O)c1)NC1CCN(CCCc2ccccc2)CC1. The van der Waals surface area contributed by atoms with E-state index in [9.17, 15) is 15.0 Å². The van der Waals surface area contributed by atoms with Gasteiger partial charge in [-0.05, 0) is 61.9 Å². The molecular weight excluding hydrogens is 352 g/mol. The molecule has 1 saturated heterocycles. The van der Waals surface area contributed by atoms with E-state index in [4.69, 9.17) is 0 Å². The fourth-order valence-corrected chi connectivity index (χ4v) is 3.73. The summed E-state index contributed by atoms with van der Waals surface area (Å²) in [6, 6.07) is 15.6. The van der Waals surface area contributed by atoms with Crippen LogP contribution in [0, 0.1) is 0 Å². The molecule has 1 aliphatic rings. The van der Waals surface area contributed by atoms with Gasteiger partial charge in [0.1, 0.15) is 0 Å². The largest absolute Gasteiger partial charge is 0.504 e. The van der Waals surface area contributed by atoms with Crippen LogP contribution in [0.1, 0.15) is 36.8 Å². The van der Waals surface area contributed by atoms with E-state index in [1.165, 1.54) is 24.1 Å². The molecule has 0 aliphatic carbocycles. The molecule has 3 rings (SSSR count). The van der Waals surface area contributed by atoms with Crippen LogP contribution in [0.25, 0.3) is 0 Å². The van der Waals surface area contributed by atoms with Crippen molar-refractivity contribution in [3.8, 4) is 11.5 Å². The van der Waals surface area contributed by atoms with Gasteiger partial charge in [-0.3, -0.25) is 4.79 Å². The van der Waals surface area contributed by atoms with Gasteiger partial charge in [0.2, 0.25) is 5.91 Å². The van der Waals surface area contributed by atoms with Crippen LogP contribution >= 0.6 is 0 Å². The van der Waals surface area contributed by atoms with Gasteiger partial charge in [-0.1, -0.05) is 36.4 Å². The summed E-state index contributed by atoms with van der Waals surface area (Å²) in [5, 5.41) is 22.0. The fourth-order valence-electron chi connectivity index (χ4n) is 3.73. The third-order valence-electron chi connectivity index (χ3n) is 5.42. The number of nitrogens with zero attached hydrogens (tertiary/aromatic N) is 1. The van der Waals surface area contributed by atoms with Crippen LogP contribution in [-0.2, 0) is 17.6 Å². The van der Waals surface area contributed by atoms with E-state index in [2.05, 4.69) is 40.5 Å². The summed E-state index contributed by atoms with van der Waals surface area (Å²) in [6.07, 6.45) is 5.22. The number of hydrogen-bond acceptors (Lipinski definition) is 4. The fraction of sp³-hybridized carbons (Fsp3) is 0.435. The average molecular weight is 383 g/mol. The number of phenols is 2. The summed E-state index contributed by atoms with van der Waals surface area (Å²) in [6.45, 7) is 3.18. The van der Waals surface area contributed by atoms with Crippen molar-refractivity contribution in [3.05, 3.63) is 59.7 Å². The number of carbonyl (C=O) groups excluding carboxylic acids is 1. The van der Waals surface area contributed by atoms with E-state index in [-0.39, 0.29) is 23.4 Å². The van der Waals surface area contributed by atoms with Gasteiger partial charge >= 0.3 is 0 Å². The average Bonchev–Trinajstić information content (AvgIpc) is 2.71. The number of hydrogen-bond donors (Lipinski definition) is 3. The van der Waals surface area contributed by atoms with E-state index in [0.29, 0.717) is 12.8 Å². The van der Waals surface area contributed by atoms with Gasteiger partial charge in [0, 0.05) is 25.6 Å². The molecule has 5 nitrogen and oxygen atoms in total. The number of phenolic OH excluding ortho intramolecular Hbond substituents is 2. The van der Waals surface area contributed by atoms with E-state index < -0.39 is 0 Å². The summed E-state index contributed by atoms with van der Waals surface area (Å²) in [4.78, 5) is 14.7. The Morgan fingerprint density at radius 3 is 2.43 bits per heavy atom.